The van der Waals surface area contributed by atoms with Crippen LogP contribution in [-0.2, 0) is 4.74 Å². The van der Waals surface area contributed by atoms with Crippen molar-refractivity contribution >= 4 is 0 Å². The molecule has 1 aromatic rings. The molecule has 1 N–H and O–H groups in total. The van der Waals surface area contributed by atoms with Gasteiger partial charge in [-0.1, -0.05) is 20.3 Å². The molecule has 0 bridgehead atoms. The van der Waals surface area contributed by atoms with Crippen LogP contribution in [0.1, 0.15) is 57.3 Å². The van der Waals surface area contributed by atoms with E-state index in [1.54, 1.807) is 0 Å². The molecule has 0 aromatic carbocycles. The molecule has 1 aliphatic heterocycles. The van der Waals surface area contributed by atoms with Gasteiger partial charge in [0.1, 0.15) is 0 Å². The van der Waals surface area contributed by atoms with Gasteiger partial charge in [-0.25, -0.2) is 4.98 Å². The predicted octanol–water partition coefficient (Wildman–Crippen LogP) is 2.68. The SMILES string of the molecule is COC1CC(n2cncc2C2CCCCN2)C1(C)C. The van der Waals surface area contributed by atoms with Crippen molar-refractivity contribution in [1.82, 2.24) is 14.9 Å². The van der Waals surface area contributed by atoms with E-state index in [1.807, 2.05) is 19.6 Å². The van der Waals surface area contributed by atoms with Gasteiger partial charge in [0.15, 0.2) is 0 Å². The number of hydrogen-bond donors (Lipinski definition) is 1. The van der Waals surface area contributed by atoms with Crippen LogP contribution in [0.2, 0.25) is 0 Å². The van der Waals surface area contributed by atoms with E-state index in [1.165, 1.54) is 25.0 Å². The molecule has 4 nitrogen and oxygen atoms in total. The van der Waals surface area contributed by atoms with E-state index in [4.69, 9.17) is 4.74 Å². The van der Waals surface area contributed by atoms with Gasteiger partial charge in [0.2, 0.25) is 0 Å². The predicted molar refractivity (Wildman–Crippen MR) is 75.1 cm³/mol. The van der Waals surface area contributed by atoms with Gasteiger partial charge in [-0.3, -0.25) is 0 Å². The highest BCUT2D eigenvalue weighted by Crippen LogP contribution is 2.51. The van der Waals surface area contributed by atoms with Crippen molar-refractivity contribution in [3.63, 3.8) is 0 Å². The van der Waals surface area contributed by atoms with Gasteiger partial charge in [0.25, 0.3) is 0 Å². The largest absolute Gasteiger partial charge is 0.381 e. The third-order valence-corrected chi connectivity index (χ3v) is 5.11. The van der Waals surface area contributed by atoms with Crippen LogP contribution < -0.4 is 5.32 Å². The molecule has 4 heteroatoms. The number of ether oxygens (including phenoxy) is 1. The molecule has 1 aliphatic carbocycles. The van der Waals surface area contributed by atoms with E-state index in [0.29, 0.717) is 18.2 Å². The molecule has 0 amide bonds. The van der Waals surface area contributed by atoms with Crippen LogP contribution in [-0.4, -0.2) is 29.3 Å². The first kappa shape index (κ1) is 13.1. The Morgan fingerprint density at radius 1 is 1.42 bits per heavy atom. The summed E-state index contributed by atoms with van der Waals surface area (Å²) < 4.78 is 7.95. The van der Waals surface area contributed by atoms with Gasteiger partial charge in [0, 0.05) is 30.8 Å². The molecule has 3 unspecified atom stereocenters. The maximum atomic E-state index is 5.57. The normalized spacial score (nSPS) is 33.9. The van der Waals surface area contributed by atoms with Crippen molar-refractivity contribution in [2.24, 2.45) is 5.41 Å². The van der Waals surface area contributed by atoms with Crippen LogP contribution >= 0.6 is 0 Å². The van der Waals surface area contributed by atoms with E-state index in [9.17, 15) is 0 Å². The van der Waals surface area contributed by atoms with Crippen molar-refractivity contribution in [2.75, 3.05) is 13.7 Å². The lowest BCUT2D eigenvalue weighted by Gasteiger charge is -2.52. The fraction of sp³-hybridized carbons (Fsp3) is 0.800. The maximum absolute atomic E-state index is 5.57. The molecule has 2 fully saturated rings. The summed E-state index contributed by atoms with van der Waals surface area (Å²) in [5.74, 6) is 0. The first-order valence-corrected chi connectivity index (χ1v) is 7.42. The van der Waals surface area contributed by atoms with Crippen LogP contribution in [0, 0.1) is 5.41 Å². The first-order valence-electron chi connectivity index (χ1n) is 7.42. The van der Waals surface area contributed by atoms with Crippen LogP contribution in [0.5, 0.6) is 0 Å². The average Bonchev–Trinajstić information content (AvgIpc) is 2.88. The molecule has 0 radical (unpaired) electrons. The number of hydrogen-bond acceptors (Lipinski definition) is 3. The Bertz CT molecular complexity index is 434. The molecule has 1 saturated carbocycles. The molecule has 19 heavy (non-hydrogen) atoms. The van der Waals surface area contributed by atoms with E-state index in [-0.39, 0.29) is 5.41 Å². The third-order valence-electron chi connectivity index (χ3n) is 5.11. The number of piperidine rings is 1. The van der Waals surface area contributed by atoms with Crippen molar-refractivity contribution in [1.29, 1.82) is 0 Å². The minimum absolute atomic E-state index is 0.193. The highest BCUT2D eigenvalue weighted by molar-refractivity contribution is 5.13. The van der Waals surface area contributed by atoms with E-state index >= 15 is 0 Å². The zero-order chi connectivity index (χ0) is 13.5. The summed E-state index contributed by atoms with van der Waals surface area (Å²) in [4.78, 5) is 4.40. The Morgan fingerprint density at radius 3 is 2.89 bits per heavy atom. The van der Waals surface area contributed by atoms with Gasteiger partial charge in [0.05, 0.1) is 18.1 Å². The minimum Gasteiger partial charge on any atom is -0.381 e. The Kier molecular flexibility index (Phi) is 3.39. The van der Waals surface area contributed by atoms with Crippen LogP contribution in [0.4, 0.5) is 0 Å². The average molecular weight is 263 g/mol. The first-order chi connectivity index (χ1) is 9.14. The number of rotatable bonds is 3. The molecule has 2 heterocycles. The van der Waals surface area contributed by atoms with Crippen molar-refractivity contribution in [3.05, 3.63) is 18.2 Å². The highest BCUT2D eigenvalue weighted by atomic mass is 16.5. The number of nitrogens with zero attached hydrogens (tertiary/aromatic N) is 2. The fourth-order valence-corrected chi connectivity index (χ4v) is 3.69. The Hall–Kier alpha value is -0.870. The number of imidazole rings is 1. The zero-order valence-corrected chi connectivity index (χ0v) is 12.2. The summed E-state index contributed by atoms with van der Waals surface area (Å²) in [6.07, 6.45) is 9.35. The lowest BCUT2D eigenvalue weighted by Crippen LogP contribution is -2.51. The maximum Gasteiger partial charge on any atom is 0.0951 e. The summed E-state index contributed by atoms with van der Waals surface area (Å²) in [7, 11) is 1.82. The summed E-state index contributed by atoms with van der Waals surface area (Å²) in [6.45, 7) is 5.73. The monoisotopic (exact) mass is 263 g/mol. The third kappa shape index (κ3) is 2.11. The van der Waals surface area contributed by atoms with E-state index < -0.39 is 0 Å². The van der Waals surface area contributed by atoms with Gasteiger partial charge in [-0.2, -0.15) is 0 Å². The quantitative estimate of drug-likeness (QED) is 0.911. The van der Waals surface area contributed by atoms with Crippen LogP contribution in [0.25, 0.3) is 0 Å². The van der Waals surface area contributed by atoms with Gasteiger partial charge in [-0.15, -0.1) is 0 Å². The molecular weight excluding hydrogens is 238 g/mol. The Morgan fingerprint density at radius 2 is 2.26 bits per heavy atom. The second-order valence-corrected chi connectivity index (χ2v) is 6.53. The molecule has 1 aromatic heterocycles. The summed E-state index contributed by atoms with van der Waals surface area (Å²) in [5.41, 5.74) is 1.55. The Balaban J connectivity index is 1.81. The summed E-state index contributed by atoms with van der Waals surface area (Å²) >= 11 is 0. The second kappa shape index (κ2) is 4.91. The van der Waals surface area contributed by atoms with Gasteiger partial charge < -0.3 is 14.6 Å². The minimum atomic E-state index is 0.193. The summed E-state index contributed by atoms with van der Waals surface area (Å²) in [5, 5.41) is 3.63. The number of methoxy groups -OCH3 is 1. The smallest absolute Gasteiger partial charge is 0.0951 e. The standard InChI is InChI=1S/C15H25N3O/c1-15(2)13(8-14(15)19-3)18-10-16-9-12(18)11-6-4-5-7-17-11/h9-11,13-14,17H,4-8H2,1-3H3. The number of aromatic nitrogens is 2. The number of nitrogens with one attached hydrogen (secondary N) is 1. The molecule has 2 aliphatic rings. The van der Waals surface area contributed by atoms with Gasteiger partial charge >= 0.3 is 0 Å². The second-order valence-electron chi connectivity index (χ2n) is 6.53. The Labute approximate surface area is 115 Å². The molecular formula is C15H25N3O. The topological polar surface area (TPSA) is 39.1 Å². The highest BCUT2D eigenvalue weighted by Gasteiger charge is 2.50. The molecule has 1 saturated heterocycles. The molecule has 3 rings (SSSR count). The van der Waals surface area contributed by atoms with Crippen LogP contribution in [0.3, 0.4) is 0 Å². The zero-order valence-electron chi connectivity index (χ0n) is 12.2. The molecule has 3 atom stereocenters. The molecule has 106 valence electrons. The lowest BCUT2D eigenvalue weighted by molar-refractivity contribution is -0.113. The van der Waals surface area contributed by atoms with E-state index in [2.05, 4.69) is 28.7 Å². The fourth-order valence-electron chi connectivity index (χ4n) is 3.69. The van der Waals surface area contributed by atoms with Crippen LogP contribution in [0.15, 0.2) is 12.5 Å². The van der Waals surface area contributed by atoms with E-state index in [0.717, 1.165) is 13.0 Å². The van der Waals surface area contributed by atoms with Gasteiger partial charge in [-0.05, 0) is 25.8 Å². The lowest BCUT2D eigenvalue weighted by atomic mass is 9.64. The summed E-state index contributed by atoms with van der Waals surface area (Å²) in [6, 6.07) is 0.993. The van der Waals surface area contributed by atoms with Crippen molar-refractivity contribution in [3.8, 4) is 0 Å². The van der Waals surface area contributed by atoms with Crippen molar-refractivity contribution in [2.45, 2.75) is 57.7 Å². The molecule has 0 spiro atoms. The van der Waals surface area contributed by atoms with Crippen molar-refractivity contribution < 1.29 is 4.74 Å².